The molecule has 0 saturated carbocycles. The molecule has 2 heterocycles. The van der Waals surface area contributed by atoms with Crippen LogP contribution < -0.4 is 10.2 Å². The Morgan fingerprint density at radius 1 is 1.23 bits per heavy atom. The molecule has 116 valence electrons. The average Bonchev–Trinajstić information content (AvgIpc) is 3.10. The third-order valence-electron chi connectivity index (χ3n) is 3.76. The number of anilines is 1. The van der Waals surface area contributed by atoms with Gasteiger partial charge < -0.3 is 19.4 Å². The first-order chi connectivity index (χ1) is 10.8. The monoisotopic (exact) mass is 300 g/mol. The third kappa shape index (κ3) is 3.68. The van der Waals surface area contributed by atoms with Crippen LogP contribution in [0.2, 0.25) is 0 Å². The Hall–Kier alpha value is -2.27. The van der Waals surface area contributed by atoms with Crippen LogP contribution in [0.15, 0.2) is 53.1 Å². The minimum absolute atomic E-state index is 0.130. The van der Waals surface area contributed by atoms with Crippen molar-refractivity contribution in [1.82, 2.24) is 5.32 Å². The second-order valence-electron chi connectivity index (χ2n) is 5.30. The number of ether oxygens (including phenoxy) is 1. The van der Waals surface area contributed by atoms with Crippen molar-refractivity contribution in [3.63, 3.8) is 0 Å². The Morgan fingerprint density at radius 2 is 2.09 bits per heavy atom. The normalized spacial score (nSPS) is 18.2. The number of amides is 1. The third-order valence-corrected chi connectivity index (χ3v) is 3.76. The van der Waals surface area contributed by atoms with Crippen molar-refractivity contribution < 1.29 is 13.9 Å². The molecule has 1 fully saturated rings. The quantitative estimate of drug-likeness (QED) is 0.920. The maximum absolute atomic E-state index is 11.8. The van der Waals surface area contributed by atoms with Crippen molar-refractivity contribution in [1.29, 1.82) is 0 Å². The van der Waals surface area contributed by atoms with Crippen LogP contribution >= 0.6 is 0 Å². The molecule has 22 heavy (non-hydrogen) atoms. The van der Waals surface area contributed by atoms with Crippen LogP contribution in [0.1, 0.15) is 17.0 Å². The van der Waals surface area contributed by atoms with Crippen LogP contribution in [0.3, 0.4) is 0 Å². The number of para-hydroxylation sites is 1. The number of carbonyl (C=O) groups is 1. The van der Waals surface area contributed by atoms with Gasteiger partial charge in [-0.15, -0.1) is 0 Å². The summed E-state index contributed by atoms with van der Waals surface area (Å²) in [5, 5.41) is 2.86. The second kappa shape index (κ2) is 7.13. The Morgan fingerprint density at radius 3 is 2.86 bits per heavy atom. The lowest BCUT2D eigenvalue weighted by Crippen LogP contribution is -2.43. The van der Waals surface area contributed by atoms with E-state index < -0.39 is 0 Å². The molecular formula is C17H20N2O3. The lowest BCUT2D eigenvalue weighted by atomic mass is 10.2. The van der Waals surface area contributed by atoms with Crippen molar-refractivity contribution in [2.24, 2.45) is 0 Å². The summed E-state index contributed by atoms with van der Waals surface area (Å²) >= 11 is 0. The van der Waals surface area contributed by atoms with Crippen LogP contribution in [0.25, 0.3) is 0 Å². The van der Waals surface area contributed by atoms with Crippen molar-refractivity contribution in [3.8, 4) is 0 Å². The van der Waals surface area contributed by atoms with Gasteiger partial charge in [-0.05, 0) is 30.7 Å². The molecule has 1 atom stereocenters. The first-order valence-electron chi connectivity index (χ1n) is 7.56. The van der Waals surface area contributed by atoms with Crippen molar-refractivity contribution in [2.75, 3.05) is 31.1 Å². The minimum atomic E-state index is -0.180. The number of rotatable bonds is 5. The predicted molar refractivity (Wildman–Crippen MR) is 84.1 cm³/mol. The number of nitrogens with zero attached hydrogens (tertiary/aromatic N) is 1. The molecule has 1 aromatic carbocycles. The van der Waals surface area contributed by atoms with Crippen LogP contribution in [-0.4, -0.2) is 38.3 Å². The minimum Gasteiger partial charge on any atom is -0.459 e. The summed E-state index contributed by atoms with van der Waals surface area (Å²) in [6.45, 7) is 3.04. The summed E-state index contributed by atoms with van der Waals surface area (Å²) in [5.41, 5.74) is 1.22. The summed E-state index contributed by atoms with van der Waals surface area (Å²) in [6, 6.07) is 13.7. The summed E-state index contributed by atoms with van der Waals surface area (Å²) < 4.78 is 10.8. The summed E-state index contributed by atoms with van der Waals surface area (Å²) in [6.07, 6.45) is 2.41. The zero-order chi connectivity index (χ0) is 15.2. The average molecular weight is 300 g/mol. The van der Waals surface area contributed by atoms with Gasteiger partial charge in [-0.25, -0.2) is 0 Å². The number of nitrogens with one attached hydrogen (secondary N) is 1. The van der Waals surface area contributed by atoms with E-state index in [4.69, 9.17) is 9.15 Å². The number of hydrogen-bond donors (Lipinski definition) is 1. The first kappa shape index (κ1) is 14.7. The molecule has 2 aromatic rings. The maximum atomic E-state index is 11.8. The second-order valence-corrected chi connectivity index (χ2v) is 5.30. The Labute approximate surface area is 129 Å². The van der Waals surface area contributed by atoms with Gasteiger partial charge in [0.15, 0.2) is 5.76 Å². The molecule has 5 heteroatoms. The Balaban J connectivity index is 1.46. The van der Waals surface area contributed by atoms with Gasteiger partial charge in [0.1, 0.15) is 0 Å². The zero-order valence-electron chi connectivity index (χ0n) is 12.4. The van der Waals surface area contributed by atoms with Crippen LogP contribution in [0.4, 0.5) is 5.69 Å². The molecule has 0 spiro atoms. The number of benzene rings is 1. The van der Waals surface area contributed by atoms with Gasteiger partial charge in [-0.1, -0.05) is 18.2 Å². The van der Waals surface area contributed by atoms with Crippen LogP contribution in [0, 0.1) is 0 Å². The molecule has 1 unspecified atom stereocenters. The fraction of sp³-hybridized carbons (Fsp3) is 0.353. The van der Waals surface area contributed by atoms with Gasteiger partial charge in [-0.2, -0.15) is 0 Å². The van der Waals surface area contributed by atoms with E-state index in [2.05, 4.69) is 22.3 Å². The van der Waals surface area contributed by atoms with E-state index in [1.54, 1.807) is 12.1 Å². The number of hydrogen-bond acceptors (Lipinski definition) is 4. The fourth-order valence-corrected chi connectivity index (χ4v) is 2.61. The van der Waals surface area contributed by atoms with Crippen molar-refractivity contribution in [3.05, 3.63) is 54.5 Å². The maximum Gasteiger partial charge on any atom is 0.286 e. The summed E-state index contributed by atoms with van der Waals surface area (Å²) in [5.74, 6) is 0.163. The molecule has 1 aromatic heterocycles. The number of carbonyl (C=O) groups excluding carboxylic acids is 1. The Kier molecular flexibility index (Phi) is 4.75. The van der Waals surface area contributed by atoms with E-state index in [0.29, 0.717) is 18.9 Å². The molecule has 3 rings (SSSR count). The molecule has 5 nitrogen and oxygen atoms in total. The van der Waals surface area contributed by atoms with Crippen molar-refractivity contribution >= 4 is 11.6 Å². The molecule has 1 aliphatic rings. The zero-order valence-corrected chi connectivity index (χ0v) is 12.4. The van der Waals surface area contributed by atoms with Gasteiger partial charge >= 0.3 is 0 Å². The smallest absolute Gasteiger partial charge is 0.286 e. The van der Waals surface area contributed by atoms with E-state index in [0.717, 1.165) is 19.5 Å². The summed E-state index contributed by atoms with van der Waals surface area (Å²) in [4.78, 5) is 14.1. The molecule has 0 aliphatic carbocycles. The highest BCUT2D eigenvalue weighted by molar-refractivity contribution is 5.91. The van der Waals surface area contributed by atoms with E-state index in [9.17, 15) is 4.79 Å². The van der Waals surface area contributed by atoms with Gasteiger partial charge in [0, 0.05) is 25.3 Å². The topological polar surface area (TPSA) is 54.7 Å². The standard InChI is InChI=1S/C17H20N2O3/c20-17(16-7-4-11-22-16)18-9-8-15-13-19(10-12-21-15)14-5-2-1-3-6-14/h1-7,11,15H,8-10,12-13H2,(H,18,20). The highest BCUT2D eigenvalue weighted by Crippen LogP contribution is 2.18. The molecular weight excluding hydrogens is 280 g/mol. The fourth-order valence-electron chi connectivity index (χ4n) is 2.61. The van der Waals surface area contributed by atoms with E-state index in [1.165, 1.54) is 12.0 Å². The number of morpholine rings is 1. The highest BCUT2D eigenvalue weighted by Gasteiger charge is 2.20. The van der Waals surface area contributed by atoms with Gasteiger partial charge in [0.2, 0.25) is 0 Å². The lowest BCUT2D eigenvalue weighted by molar-refractivity contribution is 0.0353. The SMILES string of the molecule is O=C(NCCC1CN(c2ccccc2)CCO1)c1ccco1. The molecule has 1 saturated heterocycles. The molecule has 1 N–H and O–H groups in total. The molecule has 0 bridgehead atoms. The van der Waals surface area contributed by atoms with Gasteiger partial charge in [0.25, 0.3) is 5.91 Å². The predicted octanol–water partition coefficient (Wildman–Crippen LogP) is 2.30. The molecule has 1 amide bonds. The number of furan rings is 1. The first-order valence-corrected chi connectivity index (χ1v) is 7.56. The van der Waals surface area contributed by atoms with Crippen LogP contribution in [0.5, 0.6) is 0 Å². The largest absolute Gasteiger partial charge is 0.459 e. The highest BCUT2D eigenvalue weighted by atomic mass is 16.5. The lowest BCUT2D eigenvalue weighted by Gasteiger charge is -2.34. The van der Waals surface area contributed by atoms with Crippen molar-refractivity contribution in [2.45, 2.75) is 12.5 Å². The van der Waals surface area contributed by atoms with E-state index in [-0.39, 0.29) is 12.0 Å². The van der Waals surface area contributed by atoms with Gasteiger partial charge in [-0.3, -0.25) is 4.79 Å². The van der Waals surface area contributed by atoms with Crippen LogP contribution in [-0.2, 0) is 4.74 Å². The summed E-state index contributed by atoms with van der Waals surface area (Å²) in [7, 11) is 0. The van der Waals surface area contributed by atoms with Gasteiger partial charge in [0.05, 0.1) is 19.0 Å². The molecule has 1 aliphatic heterocycles. The van der Waals surface area contributed by atoms with E-state index in [1.807, 2.05) is 18.2 Å². The Bertz CT molecular complexity index is 583. The van der Waals surface area contributed by atoms with E-state index >= 15 is 0 Å². The molecule has 0 radical (unpaired) electrons.